The molecule has 1 unspecified atom stereocenters. The Morgan fingerprint density at radius 3 is 2.75 bits per heavy atom. The number of ether oxygens (including phenoxy) is 1. The summed E-state index contributed by atoms with van der Waals surface area (Å²) in [7, 11) is 1.57. The van der Waals surface area contributed by atoms with Crippen LogP contribution in [0.3, 0.4) is 0 Å². The zero-order valence-electron chi connectivity index (χ0n) is 11.4. The number of aliphatic hydroxyl groups excluding tert-OH is 1. The molecule has 0 aliphatic carbocycles. The number of hydrogen-bond acceptors (Lipinski definition) is 2. The molecule has 0 aliphatic rings. The Morgan fingerprint density at radius 1 is 1.30 bits per heavy atom. The van der Waals surface area contributed by atoms with Gasteiger partial charge in [0.25, 0.3) is 0 Å². The fourth-order valence-electron chi connectivity index (χ4n) is 2.12. The first-order valence-electron chi connectivity index (χ1n) is 6.28. The largest absolute Gasteiger partial charge is 0.496 e. The molecule has 0 amide bonds. The second-order valence-electron chi connectivity index (χ2n) is 4.68. The normalized spacial score (nSPS) is 12.2. The lowest BCUT2D eigenvalue weighted by Crippen LogP contribution is -2.05. The van der Waals surface area contributed by atoms with Crippen molar-refractivity contribution in [1.82, 2.24) is 0 Å². The van der Waals surface area contributed by atoms with E-state index in [0.717, 1.165) is 11.1 Å². The van der Waals surface area contributed by atoms with Crippen molar-refractivity contribution >= 4 is 15.9 Å². The van der Waals surface area contributed by atoms with E-state index < -0.39 is 6.10 Å². The molecule has 2 aromatic carbocycles. The monoisotopic (exact) mass is 338 g/mol. The van der Waals surface area contributed by atoms with Crippen molar-refractivity contribution in [3.8, 4) is 5.75 Å². The molecule has 1 N–H and O–H groups in total. The summed E-state index contributed by atoms with van der Waals surface area (Å²) in [6, 6.07) is 10.4. The van der Waals surface area contributed by atoms with Crippen LogP contribution < -0.4 is 4.74 Å². The van der Waals surface area contributed by atoms with Gasteiger partial charge in [-0.1, -0.05) is 24.3 Å². The smallest absolute Gasteiger partial charge is 0.137 e. The van der Waals surface area contributed by atoms with Crippen molar-refractivity contribution in [2.75, 3.05) is 7.11 Å². The number of aliphatic hydroxyl groups is 1. The molecule has 2 nitrogen and oxygen atoms in total. The van der Waals surface area contributed by atoms with Crippen LogP contribution in [0.2, 0.25) is 0 Å². The van der Waals surface area contributed by atoms with Crippen LogP contribution in [0, 0.1) is 12.7 Å². The fourth-order valence-corrected chi connectivity index (χ4v) is 2.54. The zero-order chi connectivity index (χ0) is 14.7. The molecule has 0 aliphatic heterocycles. The second-order valence-corrected chi connectivity index (χ2v) is 5.47. The minimum absolute atomic E-state index is 0.317. The SMILES string of the molecule is COc1cc(C)ccc1C(O)Cc1cccc(F)c1Br. The van der Waals surface area contributed by atoms with Gasteiger partial charge in [0.2, 0.25) is 0 Å². The summed E-state index contributed by atoms with van der Waals surface area (Å²) < 4.78 is 19.2. The van der Waals surface area contributed by atoms with Crippen LogP contribution >= 0.6 is 15.9 Å². The number of methoxy groups -OCH3 is 1. The molecular weight excluding hydrogens is 323 g/mol. The topological polar surface area (TPSA) is 29.5 Å². The van der Waals surface area contributed by atoms with E-state index in [9.17, 15) is 9.50 Å². The lowest BCUT2D eigenvalue weighted by Gasteiger charge is -2.16. The Kier molecular flexibility index (Phi) is 4.78. The van der Waals surface area contributed by atoms with Crippen LogP contribution in [0.1, 0.15) is 22.8 Å². The van der Waals surface area contributed by atoms with Gasteiger partial charge in [-0.2, -0.15) is 0 Å². The van der Waals surface area contributed by atoms with E-state index in [1.54, 1.807) is 19.2 Å². The highest BCUT2D eigenvalue weighted by Crippen LogP contribution is 2.31. The van der Waals surface area contributed by atoms with Gasteiger partial charge in [-0.15, -0.1) is 0 Å². The van der Waals surface area contributed by atoms with E-state index in [0.29, 0.717) is 22.2 Å². The van der Waals surface area contributed by atoms with Crippen molar-refractivity contribution in [3.63, 3.8) is 0 Å². The maximum atomic E-state index is 13.5. The third kappa shape index (κ3) is 3.19. The number of aryl methyl sites for hydroxylation is 1. The Morgan fingerprint density at radius 2 is 2.05 bits per heavy atom. The predicted molar refractivity (Wildman–Crippen MR) is 80.5 cm³/mol. The number of halogens is 2. The van der Waals surface area contributed by atoms with Crippen molar-refractivity contribution in [2.24, 2.45) is 0 Å². The van der Waals surface area contributed by atoms with Crippen LogP contribution in [-0.2, 0) is 6.42 Å². The van der Waals surface area contributed by atoms with Crippen LogP contribution in [0.5, 0.6) is 5.75 Å². The average molecular weight is 339 g/mol. The van der Waals surface area contributed by atoms with Crippen LogP contribution in [0.15, 0.2) is 40.9 Å². The van der Waals surface area contributed by atoms with Gasteiger partial charge in [0.05, 0.1) is 17.7 Å². The van der Waals surface area contributed by atoms with E-state index in [2.05, 4.69) is 15.9 Å². The summed E-state index contributed by atoms with van der Waals surface area (Å²) >= 11 is 3.21. The van der Waals surface area contributed by atoms with Gasteiger partial charge < -0.3 is 9.84 Å². The van der Waals surface area contributed by atoms with Gasteiger partial charge in [-0.25, -0.2) is 4.39 Å². The number of rotatable bonds is 4. The molecule has 0 heterocycles. The molecule has 2 aromatic rings. The van der Waals surface area contributed by atoms with E-state index in [4.69, 9.17) is 4.74 Å². The molecule has 0 aromatic heterocycles. The van der Waals surface area contributed by atoms with Crippen LogP contribution in [-0.4, -0.2) is 12.2 Å². The van der Waals surface area contributed by atoms with Gasteiger partial charge in [0.15, 0.2) is 0 Å². The van der Waals surface area contributed by atoms with Crippen molar-refractivity contribution in [3.05, 3.63) is 63.4 Å². The molecule has 20 heavy (non-hydrogen) atoms. The highest BCUT2D eigenvalue weighted by molar-refractivity contribution is 9.10. The lowest BCUT2D eigenvalue weighted by atomic mass is 9.99. The maximum absolute atomic E-state index is 13.5. The van der Waals surface area contributed by atoms with Gasteiger partial charge in [0, 0.05) is 12.0 Å². The summed E-state index contributed by atoms with van der Waals surface area (Å²) in [5.74, 6) is 0.315. The summed E-state index contributed by atoms with van der Waals surface area (Å²) in [5.41, 5.74) is 2.49. The lowest BCUT2D eigenvalue weighted by molar-refractivity contribution is 0.173. The molecule has 0 bridgehead atoms. The summed E-state index contributed by atoms with van der Waals surface area (Å²) in [4.78, 5) is 0. The standard InChI is InChI=1S/C16H16BrFO2/c1-10-6-7-12(15(8-10)20-2)14(19)9-11-4-3-5-13(18)16(11)17/h3-8,14,19H,9H2,1-2H3. The Labute approximate surface area is 126 Å². The molecule has 0 saturated heterocycles. The van der Waals surface area contributed by atoms with Crippen molar-refractivity contribution < 1.29 is 14.2 Å². The minimum atomic E-state index is -0.747. The molecule has 4 heteroatoms. The first-order chi connectivity index (χ1) is 9.52. The van der Waals surface area contributed by atoms with Crippen LogP contribution in [0.4, 0.5) is 4.39 Å². The summed E-state index contributed by atoms with van der Waals surface area (Å²) in [5, 5.41) is 10.4. The van der Waals surface area contributed by atoms with E-state index in [1.165, 1.54) is 6.07 Å². The third-order valence-corrected chi connectivity index (χ3v) is 4.08. The van der Waals surface area contributed by atoms with Crippen molar-refractivity contribution in [1.29, 1.82) is 0 Å². The Hall–Kier alpha value is -1.39. The third-order valence-electron chi connectivity index (χ3n) is 3.19. The highest BCUT2D eigenvalue weighted by atomic mass is 79.9. The quantitative estimate of drug-likeness (QED) is 0.905. The molecule has 0 saturated carbocycles. The Bertz CT molecular complexity index is 613. The first-order valence-corrected chi connectivity index (χ1v) is 7.07. The minimum Gasteiger partial charge on any atom is -0.496 e. The fraction of sp³-hybridized carbons (Fsp3) is 0.250. The molecule has 2 rings (SSSR count). The van der Waals surface area contributed by atoms with Gasteiger partial charge in [0.1, 0.15) is 11.6 Å². The van der Waals surface area contributed by atoms with E-state index in [1.807, 2.05) is 25.1 Å². The molecule has 0 radical (unpaired) electrons. The zero-order valence-corrected chi connectivity index (χ0v) is 12.9. The van der Waals surface area contributed by atoms with Gasteiger partial charge in [-0.3, -0.25) is 0 Å². The second kappa shape index (κ2) is 6.37. The van der Waals surface area contributed by atoms with E-state index >= 15 is 0 Å². The highest BCUT2D eigenvalue weighted by Gasteiger charge is 2.16. The molecule has 106 valence electrons. The maximum Gasteiger partial charge on any atom is 0.137 e. The summed E-state index contributed by atoms with van der Waals surface area (Å²) in [6.45, 7) is 1.96. The number of hydrogen-bond donors (Lipinski definition) is 1. The molecular formula is C16H16BrFO2. The molecule has 0 fully saturated rings. The van der Waals surface area contributed by atoms with Crippen LogP contribution in [0.25, 0.3) is 0 Å². The number of benzene rings is 2. The Balaban J connectivity index is 2.28. The van der Waals surface area contributed by atoms with E-state index in [-0.39, 0.29) is 5.82 Å². The van der Waals surface area contributed by atoms with Crippen molar-refractivity contribution in [2.45, 2.75) is 19.4 Å². The predicted octanol–water partition coefficient (Wildman–Crippen LogP) is 4.18. The molecule has 1 atom stereocenters. The average Bonchev–Trinajstić information content (AvgIpc) is 2.43. The van der Waals surface area contributed by atoms with Gasteiger partial charge >= 0.3 is 0 Å². The first kappa shape index (κ1) is 15.0. The van der Waals surface area contributed by atoms with Gasteiger partial charge in [-0.05, 0) is 46.1 Å². The molecule has 0 spiro atoms. The summed E-state index contributed by atoms with van der Waals surface area (Å²) in [6.07, 6.45) is -0.429.